The minimum absolute atomic E-state index is 0.0299. The summed E-state index contributed by atoms with van der Waals surface area (Å²) < 4.78 is 5.36. The molecule has 5 aliphatic rings. The molecule has 0 aromatic heterocycles. The van der Waals surface area contributed by atoms with Crippen LogP contribution < -0.4 is 0 Å². The van der Waals surface area contributed by atoms with Crippen molar-refractivity contribution in [2.24, 2.45) is 56.7 Å². The van der Waals surface area contributed by atoms with Gasteiger partial charge in [0.25, 0.3) is 0 Å². The third kappa shape index (κ3) is 3.04. The van der Waals surface area contributed by atoms with Gasteiger partial charge in [-0.25, -0.2) is 0 Å². The summed E-state index contributed by atoms with van der Waals surface area (Å²) in [7, 11) is 1.50. The van der Waals surface area contributed by atoms with E-state index in [0.29, 0.717) is 29.0 Å². The van der Waals surface area contributed by atoms with Crippen molar-refractivity contribution in [1.29, 1.82) is 0 Å². The Hall–Kier alpha value is -0.770. The molecule has 5 aliphatic carbocycles. The third-order valence-corrected chi connectivity index (χ3v) is 14.2. The average molecular weight is 501 g/mol. The Morgan fingerprint density at radius 3 is 2.31 bits per heavy atom. The normalized spacial score (nSPS) is 55.6. The van der Waals surface area contributed by atoms with Crippen LogP contribution in [0.2, 0.25) is 0 Å². The highest BCUT2D eigenvalue weighted by atomic mass is 32.1. The molecule has 2 unspecified atom stereocenters. The van der Waals surface area contributed by atoms with Gasteiger partial charge in [-0.2, -0.15) is 12.6 Å². The monoisotopic (exact) mass is 500 g/mol. The Kier molecular flexibility index (Phi) is 5.81. The topological polar surface area (TPSA) is 43.4 Å². The molecule has 0 spiro atoms. The molecule has 0 amide bonds. The maximum atomic E-state index is 14.4. The Balaban J connectivity index is 1.64. The second-order valence-corrected chi connectivity index (χ2v) is 15.2. The van der Waals surface area contributed by atoms with E-state index >= 15 is 0 Å². The molecule has 0 aromatic rings. The fourth-order valence-corrected chi connectivity index (χ4v) is 11.3. The van der Waals surface area contributed by atoms with Gasteiger partial charge in [0.2, 0.25) is 0 Å². The molecule has 196 valence electrons. The van der Waals surface area contributed by atoms with Crippen LogP contribution in [0.3, 0.4) is 0 Å². The predicted molar refractivity (Wildman–Crippen MR) is 144 cm³/mol. The first-order chi connectivity index (χ1) is 16.2. The van der Waals surface area contributed by atoms with Crippen molar-refractivity contribution in [3.8, 4) is 0 Å². The quantitative estimate of drug-likeness (QED) is 0.303. The summed E-state index contributed by atoms with van der Waals surface area (Å²) in [4.78, 5) is 27.6. The number of rotatable bonds is 1. The molecule has 3 nitrogen and oxygen atoms in total. The van der Waals surface area contributed by atoms with E-state index in [1.165, 1.54) is 38.4 Å². The molecule has 4 heteroatoms. The lowest BCUT2D eigenvalue weighted by molar-refractivity contribution is -0.197. The highest BCUT2D eigenvalue weighted by Crippen LogP contribution is 2.75. The molecule has 5 rings (SSSR count). The van der Waals surface area contributed by atoms with Crippen molar-refractivity contribution in [2.45, 2.75) is 105 Å². The van der Waals surface area contributed by atoms with Gasteiger partial charge in [0.05, 0.1) is 12.5 Å². The largest absolute Gasteiger partial charge is 0.469 e. The van der Waals surface area contributed by atoms with Crippen molar-refractivity contribution in [3.05, 3.63) is 11.6 Å². The van der Waals surface area contributed by atoms with Gasteiger partial charge in [0, 0.05) is 11.2 Å². The number of methoxy groups -OCH3 is 1. The smallest absolute Gasteiger partial charge is 0.312 e. The number of thiol groups is 1. The number of ether oxygens (including phenoxy) is 1. The van der Waals surface area contributed by atoms with Gasteiger partial charge in [-0.1, -0.05) is 47.1 Å². The molecule has 0 aromatic carbocycles. The number of ketones is 1. The zero-order valence-electron chi connectivity index (χ0n) is 23.4. The number of allylic oxidation sites excluding steroid dienone is 2. The molecule has 11 atom stereocenters. The lowest BCUT2D eigenvalue weighted by Crippen LogP contribution is -2.67. The molecular formula is C31H48O3S. The van der Waals surface area contributed by atoms with Crippen LogP contribution >= 0.6 is 12.6 Å². The number of carbonyl (C=O) groups excluding carboxylic acids is 2. The van der Waals surface area contributed by atoms with E-state index in [1.807, 2.05) is 0 Å². The van der Waals surface area contributed by atoms with E-state index in [2.05, 4.69) is 54.5 Å². The summed E-state index contributed by atoms with van der Waals surface area (Å²) >= 11 is 4.92. The van der Waals surface area contributed by atoms with Gasteiger partial charge < -0.3 is 4.74 Å². The van der Waals surface area contributed by atoms with Crippen LogP contribution in [-0.4, -0.2) is 24.1 Å². The van der Waals surface area contributed by atoms with E-state index in [1.54, 1.807) is 0 Å². The molecule has 0 N–H and O–H groups in total. The van der Waals surface area contributed by atoms with Crippen molar-refractivity contribution < 1.29 is 14.3 Å². The second-order valence-electron chi connectivity index (χ2n) is 14.6. The molecular weight excluding hydrogens is 452 g/mol. The van der Waals surface area contributed by atoms with Crippen molar-refractivity contribution >= 4 is 24.4 Å². The van der Waals surface area contributed by atoms with Crippen molar-refractivity contribution in [2.75, 3.05) is 7.11 Å². The summed E-state index contributed by atoms with van der Waals surface area (Å²) in [5.41, 5.74) is 0.875. The Labute approximate surface area is 219 Å². The first-order valence-electron chi connectivity index (χ1n) is 14.2. The number of esters is 1. The maximum Gasteiger partial charge on any atom is 0.312 e. The zero-order chi connectivity index (χ0) is 25.8. The highest BCUT2D eigenvalue weighted by molar-refractivity contribution is 7.81. The SMILES string of the molecule is COC(=O)C1(C)C2CC[C@]3(C)[C@H](C(=O)C=C4[C@@H]5[C@@H](C)[C@H](C)CC[C@]5(C)CC[C@]43C)[C@@]2(C)CC[C@H]1S. The van der Waals surface area contributed by atoms with Gasteiger partial charge in [-0.05, 0) is 110 Å². The fourth-order valence-electron chi connectivity index (χ4n) is 10.9. The first-order valence-corrected chi connectivity index (χ1v) is 14.7. The standard InChI is InChI=1S/C31H48O3S/c1-18-9-12-27(3)15-16-29(5)20(24(27)19(18)2)17-21(32)25-28(4)13-11-23(35)31(7,26(33)34-8)22(28)10-14-30(25,29)6/h17-19,22-25,35H,9-16H2,1-8H3/t18-,19+,22?,23-,24+,25-,27-,28+,29-,30-,31?/m1/s1. The lowest BCUT2D eigenvalue weighted by Gasteiger charge is -2.70. The zero-order valence-corrected chi connectivity index (χ0v) is 24.3. The highest BCUT2D eigenvalue weighted by Gasteiger charge is 2.71. The van der Waals surface area contributed by atoms with Crippen LogP contribution in [0.5, 0.6) is 0 Å². The molecule has 4 saturated carbocycles. The van der Waals surface area contributed by atoms with Crippen LogP contribution in [-0.2, 0) is 14.3 Å². The van der Waals surface area contributed by atoms with E-state index in [9.17, 15) is 9.59 Å². The van der Waals surface area contributed by atoms with Crippen molar-refractivity contribution in [1.82, 2.24) is 0 Å². The minimum atomic E-state index is -0.657. The van der Waals surface area contributed by atoms with E-state index in [4.69, 9.17) is 17.4 Å². The van der Waals surface area contributed by atoms with Gasteiger partial charge in [-0.15, -0.1) is 0 Å². The molecule has 0 aliphatic heterocycles. The number of hydrogen-bond acceptors (Lipinski definition) is 4. The van der Waals surface area contributed by atoms with Gasteiger partial charge in [-0.3, -0.25) is 9.59 Å². The van der Waals surface area contributed by atoms with Crippen LogP contribution in [0.1, 0.15) is 99.8 Å². The maximum absolute atomic E-state index is 14.4. The van der Waals surface area contributed by atoms with Crippen LogP contribution in [0.25, 0.3) is 0 Å². The molecule has 0 saturated heterocycles. The number of fused-ring (bicyclic) bond motifs is 7. The van der Waals surface area contributed by atoms with Crippen LogP contribution in [0, 0.1) is 56.7 Å². The summed E-state index contributed by atoms with van der Waals surface area (Å²) in [6.07, 6.45) is 11.0. The van der Waals surface area contributed by atoms with Gasteiger partial charge in [0.1, 0.15) is 0 Å². The molecule has 4 fully saturated rings. The molecule has 0 bridgehead atoms. The minimum Gasteiger partial charge on any atom is -0.469 e. The van der Waals surface area contributed by atoms with Gasteiger partial charge >= 0.3 is 5.97 Å². The summed E-state index contributed by atoms with van der Waals surface area (Å²) in [6, 6.07) is 0. The summed E-state index contributed by atoms with van der Waals surface area (Å²) in [5.74, 6) is 2.08. The molecule has 35 heavy (non-hydrogen) atoms. The number of carbonyl (C=O) groups is 2. The fraction of sp³-hybridized carbons (Fsp3) is 0.871. The Morgan fingerprint density at radius 2 is 1.66 bits per heavy atom. The lowest BCUT2D eigenvalue weighted by atomic mass is 9.33. The third-order valence-electron chi connectivity index (χ3n) is 13.4. The Bertz CT molecular complexity index is 972. The molecule has 0 heterocycles. The summed E-state index contributed by atoms with van der Waals surface area (Å²) in [6.45, 7) is 16.7. The van der Waals surface area contributed by atoms with E-state index < -0.39 is 5.41 Å². The predicted octanol–water partition coefficient (Wildman–Crippen LogP) is 7.29. The Morgan fingerprint density at radius 1 is 0.971 bits per heavy atom. The van der Waals surface area contributed by atoms with Crippen LogP contribution in [0.15, 0.2) is 11.6 Å². The second kappa shape index (κ2) is 7.87. The summed E-state index contributed by atoms with van der Waals surface area (Å²) in [5, 5.41) is -0.0299. The van der Waals surface area contributed by atoms with Crippen molar-refractivity contribution in [3.63, 3.8) is 0 Å². The number of hydrogen-bond donors (Lipinski definition) is 1. The van der Waals surface area contributed by atoms with Gasteiger partial charge in [0.15, 0.2) is 5.78 Å². The van der Waals surface area contributed by atoms with E-state index in [0.717, 1.165) is 25.7 Å². The first kappa shape index (κ1) is 25.9. The van der Waals surface area contributed by atoms with E-state index in [-0.39, 0.29) is 39.3 Å². The van der Waals surface area contributed by atoms with Crippen LogP contribution in [0.4, 0.5) is 0 Å². The molecule has 0 radical (unpaired) electrons. The average Bonchev–Trinajstić information content (AvgIpc) is 2.80.